The maximum Gasteiger partial charge on any atom is 0.308 e. The third kappa shape index (κ3) is 3.30. The summed E-state index contributed by atoms with van der Waals surface area (Å²) in [4.78, 5) is 12.1. The van der Waals surface area contributed by atoms with Crippen LogP contribution in [-0.2, 0) is 33.2 Å². The Morgan fingerprint density at radius 1 is 0.949 bits per heavy atom. The van der Waals surface area contributed by atoms with Crippen molar-refractivity contribution in [2.45, 2.75) is 132 Å². The molecular weight excluding hydrogens is 504 g/mol. The normalized spacial score (nSPS) is 59.8. The van der Waals surface area contributed by atoms with Crippen molar-refractivity contribution in [2.24, 2.45) is 28.6 Å². The maximum absolute atomic E-state index is 12.6. The molecule has 2 spiro atoms. The van der Waals surface area contributed by atoms with Gasteiger partial charge in [0.1, 0.15) is 25.1 Å². The van der Waals surface area contributed by atoms with E-state index in [1.54, 1.807) is 0 Å². The van der Waals surface area contributed by atoms with Gasteiger partial charge in [-0.05, 0) is 82.0 Å². The van der Waals surface area contributed by atoms with Crippen LogP contribution in [0.1, 0.15) is 84.5 Å². The Hall–Kier alpha value is -0.810. The molecule has 0 bridgehead atoms. The third-order valence-corrected chi connectivity index (χ3v) is 13.1. The second-order valence-electron chi connectivity index (χ2n) is 14.6. The van der Waals surface area contributed by atoms with Crippen molar-refractivity contribution >= 4 is 5.97 Å². The van der Waals surface area contributed by atoms with E-state index in [0.29, 0.717) is 26.1 Å². The first-order valence-electron chi connectivity index (χ1n) is 15.4. The van der Waals surface area contributed by atoms with E-state index in [9.17, 15) is 15.0 Å². The molecule has 9 nitrogen and oxygen atoms in total. The Kier molecular flexibility index (Phi) is 5.56. The average molecular weight is 549 g/mol. The highest BCUT2D eigenvalue weighted by Gasteiger charge is 2.77. The summed E-state index contributed by atoms with van der Waals surface area (Å²) in [7, 11) is 0. The minimum Gasteiger partial charge on any atom is -0.462 e. The van der Waals surface area contributed by atoms with Gasteiger partial charge in [0.05, 0.1) is 42.5 Å². The summed E-state index contributed by atoms with van der Waals surface area (Å²) in [5, 5.41) is 25.1. The molecule has 2 N–H and O–H groups in total. The Labute approximate surface area is 230 Å². The van der Waals surface area contributed by atoms with Gasteiger partial charge in [0, 0.05) is 17.8 Å². The van der Waals surface area contributed by atoms with Gasteiger partial charge in [0.15, 0.2) is 6.29 Å². The lowest BCUT2D eigenvalue weighted by Crippen LogP contribution is -2.69. The summed E-state index contributed by atoms with van der Waals surface area (Å²) in [5.41, 5.74) is -2.93. The quantitative estimate of drug-likeness (QED) is 0.397. The van der Waals surface area contributed by atoms with Crippen molar-refractivity contribution in [3.63, 3.8) is 0 Å². The monoisotopic (exact) mass is 548 g/mol. The first-order chi connectivity index (χ1) is 18.6. The van der Waals surface area contributed by atoms with Crippen LogP contribution in [0.15, 0.2) is 0 Å². The van der Waals surface area contributed by atoms with E-state index >= 15 is 0 Å². The topological polar surface area (TPSA) is 113 Å². The molecule has 4 aliphatic carbocycles. The summed E-state index contributed by atoms with van der Waals surface area (Å²) in [6, 6.07) is 0. The number of esters is 1. The number of fused-ring (bicyclic) bond motifs is 6. The predicted octanol–water partition coefficient (Wildman–Crippen LogP) is 2.83. The predicted molar refractivity (Wildman–Crippen MR) is 135 cm³/mol. The van der Waals surface area contributed by atoms with E-state index in [1.165, 1.54) is 0 Å². The Bertz CT molecular complexity index is 1040. The van der Waals surface area contributed by atoms with E-state index in [-0.39, 0.29) is 65.8 Å². The fourth-order valence-electron chi connectivity index (χ4n) is 11.3. The lowest BCUT2D eigenvalue weighted by atomic mass is 9.42. The van der Waals surface area contributed by atoms with Crippen molar-refractivity contribution < 1.29 is 43.4 Å². The van der Waals surface area contributed by atoms with Crippen molar-refractivity contribution in [1.82, 2.24) is 0 Å². The molecule has 9 heteroatoms. The number of hydrogen-bond donors (Lipinski definition) is 2. The maximum atomic E-state index is 12.6. The SMILES string of the molecule is C[C@H]1C[C@H]2OCO[C@H]2[C@@H](O[C@H]2CC[C@@]3(O)[C@@H]4CC[C@]56CO[C@@]7(COC(=O)C7)[C@H]5CC[C@@]6(O)[C@H]4CC[C@@]3(C)C2)O1. The number of hydrogen-bond acceptors (Lipinski definition) is 9. The molecule has 0 aromatic heterocycles. The molecule has 8 fully saturated rings. The van der Waals surface area contributed by atoms with E-state index in [0.717, 1.165) is 57.8 Å². The van der Waals surface area contributed by atoms with Gasteiger partial charge in [0.2, 0.25) is 0 Å². The Morgan fingerprint density at radius 2 is 1.74 bits per heavy atom. The van der Waals surface area contributed by atoms with Gasteiger partial charge in [-0.15, -0.1) is 0 Å². The van der Waals surface area contributed by atoms with Crippen LogP contribution in [-0.4, -0.2) is 83.7 Å². The minimum atomic E-state index is -0.874. The molecule has 8 rings (SSSR count). The van der Waals surface area contributed by atoms with Gasteiger partial charge in [0.25, 0.3) is 0 Å². The highest BCUT2D eigenvalue weighted by atomic mass is 16.8. The molecule has 0 amide bonds. The van der Waals surface area contributed by atoms with E-state index < -0.39 is 23.1 Å². The minimum absolute atomic E-state index is 0.0103. The number of aliphatic hydroxyl groups is 2. The number of rotatable bonds is 2. The molecular formula is C30H44O9. The molecule has 0 aromatic carbocycles. The molecule has 4 saturated carbocycles. The van der Waals surface area contributed by atoms with Gasteiger partial charge in [-0.2, -0.15) is 0 Å². The number of carbonyl (C=O) groups excluding carboxylic acids is 1. The fourth-order valence-corrected chi connectivity index (χ4v) is 11.3. The molecule has 4 aliphatic heterocycles. The van der Waals surface area contributed by atoms with Crippen LogP contribution in [0.25, 0.3) is 0 Å². The van der Waals surface area contributed by atoms with Crippen molar-refractivity contribution in [3.8, 4) is 0 Å². The second-order valence-corrected chi connectivity index (χ2v) is 14.6. The second kappa shape index (κ2) is 8.39. The average Bonchev–Trinajstić information content (AvgIpc) is 3.64. The lowest BCUT2D eigenvalue weighted by molar-refractivity contribution is -0.294. The van der Waals surface area contributed by atoms with E-state index in [2.05, 4.69) is 13.8 Å². The van der Waals surface area contributed by atoms with Gasteiger partial charge in [-0.3, -0.25) is 4.79 Å². The van der Waals surface area contributed by atoms with Gasteiger partial charge in [-0.1, -0.05) is 6.92 Å². The van der Waals surface area contributed by atoms with Crippen LogP contribution in [0, 0.1) is 28.6 Å². The lowest BCUT2D eigenvalue weighted by Gasteiger charge is -2.65. The van der Waals surface area contributed by atoms with Crippen LogP contribution in [0.3, 0.4) is 0 Å². The largest absolute Gasteiger partial charge is 0.462 e. The first-order valence-corrected chi connectivity index (χ1v) is 15.4. The first kappa shape index (κ1) is 25.9. The fraction of sp³-hybridized carbons (Fsp3) is 0.967. The van der Waals surface area contributed by atoms with Crippen LogP contribution in [0.5, 0.6) is 0 Å². The van der Waals surface area contributed by atoms with Crippen LogP contribution in [0.2, 0.25) is 0 Å². The number of ether oxygens (including phenoxy) is 6. The highest BCUT2D eigenvalue weighted by Crippen LogP contribution is 2.73. The molecule has 39 heavy (non-hydrogen) atoms. The molecule has 4 heterocycles. The van der Waals surface area contributed by atoms with Crippen LogP contribution >= 0.6 is 0 Å². The molecule has 0 radical (unpaired) electrons. The molecule has 8 aliphatic rings. The van der Waals surface area contributed by atoms with E-state index in [4.69, 9.17) is 28.4 Å². The summed E-state index contributed by atoms with van der Waals surface area (Å²) in [6.45, 7) is 5.39. The molecule has 4 saturated heterocycles. The molecule has 0 unspecified atom stereocenters. The molecule has 218 valence electrons. The van der Waals surface area contributed by atoms with Crippen molar-refractivity contribution in [1.29, 1.82) is 0 Å². The zero-order chi connectivity index (χ0) is 26.8. The third-order valence-electron chi connectivity index (χ3n) is 13.1. The standard InChI is InChI=1S/C30H44O9/c1-17-11-21-24(36-16-35-21)25(38-17)39-18-3-9-29(32)19-5-8-27-14-37-28(13-23(31)34-15-28)22(27)6-10-30(27,33)20(19)4-7-26(29,2)12-18/h17-22,24-25,32-33H,3-16H2,1-2H3/t17-,18-,19+,20-,21+,22-,24+,25+,26-,27-,28-,29+,30+/m0/s1. The Balaban J connectivity index is 1.02. The van der Waals surface area contributed by atoms with Gasteiger partial charge >= 0.3 is 5.97 Å². The van der Waals surface area contributed by atoms with Crippen molar-refractivity contribution in [2.75, 3.05) is 20.0 Å². The summed E-state index contributed by atoms with van der Waals surface area (Å²) >= 11 is 0. The van der Waals surface area contributed by atoms with Crippen LogP contribution in [0.4, 0.5) is 0 Å². The zero-order valence-corrected chi connectivity index (χ0v) is 23.3. The summed E-state index contributed by atoms with van der Waals surface area (Å²) in [5.74, 6) is 0.0360. The van der Waals surface area contributed by atoms with Crippen LogP contribution < -0.4 is 0 Å². The van der Waals surface area contributed by atoms with Crippen molar-refractivity contribution in [3.05, 3.63) is 0 Å². The summed E-state index contributed by atoms with van der Waals surface area (Å²) in [6.07, 6.45) is 7.79. The van der Waals surface area contributed by atoms with E-state index in [1.807, 2.05) is 0 Å². The van der Waals surface area contributed by atoms with Gasteiger partial charge in [-0.25, -0.2) is 0 Å². The number of cyclic esters (lactones) is 1. The molecule has 0 aromatic rings. The Morgan fingerprint density at radius 3 is 2.56 bits per heavy atom. The smallest absolute Gasteiger partial charge is 0.308 e. The summed E-state index contributed by atoms with van der Waals surface area (Å²) < 4.78 is 36.1. The number of carbonyl (C=O) groups is 1. The molecule has 13 atom stereocenters. The highest BCUT2D eigenvalue weighted by molar-refractivity contribution is 5.73. The zero-order valence-electron chi connectivity index (χ0n) is 23.3. The van der Waals surface area contributed by atoms with Gasteiger partial charge < -0.3 is 38.6 Å².